The minimum atomic E-state index is 0.737. The summed E-state index contributed by atoms with van der Waals surface area (Å²) in [5.41, 5.74) is 5.60. The van der Waals surface area contributed by atoms with Gasteiger partial charge in [-0.25, -0.2) is 0 Å². The molecule has 0 aromatic heterocycles. The molecule has 0 saturated carbocycles. The molecule has 0 atom stereocenters. The van der Waals surface area contributed by atoms with Crippen LogP contribution < -0.4 is 5.48 Å². The first-order valence-corrected chi connectivity index (χ1v) is 5.62. The van der Waals surface area contributed by atoms with Crippen molar-refractivity contribution in [1.82, 2.24) is 0 Å². The molecule has 2 aromatic carbocycles. The number of rotatable bonds is 3. The molecule has 0 bridgehead atoms. The molecule has 0 aliphatic carbocycles. The van der Waals surface area contributed by atoms with E-state index in [4.69, 9.17) is 0 Å². The summed E-state index contributed by atoms with van der Waals surface area (Å²) in [7, 11) is 1.59. The predicted molar refractivity (Wildman–Crippen MR) is 73.6 cm³/mol. The Hall–Kier alpha value is -2.13. The van der Waals surface area contributed by atoms with E-state index in [1.165, 1.54) is 5.56 Å². The van der Waals surface area contributed by atoms with E-state index in [-0.39, 0.29) is 0 Å². The number of nitrogens with one attached hydrogen (secondary N) is 1. The number of aryl methyl sites for hydroxylation is 1. The summed E-state index contributed by atoms with van der Waals surface area (Å²) in [6, 6.07) is 17.2. The van der Waals surface area contributed by atoms with E-state index in [1.807, 2.05) is 61.5 Å². The van der Waals surface area contributed by atoms with E-state index in [0.29, 0.717) is 0 Å². The van der Waals surface area contributed by atoms with Crippen LogP contribution in [-0.4, -0.2) is 13.4 Å². The van der Waals surface area contributed by atoms with Crippen LogP contribution in [0.3, 0.4) is 0 Å². The molecule has 0 aliphatic heterocycles. The monoisotopic (exact) mass is 243 g/mol. The zero-order chi connectivity index (χ0) is 13.2. The zero-order valence-corrected chi connectivity index (χ0v) is 10.6. The molecule has 1 N–H and O–H groups in total. The molecule has 0 aliphatic rings. The third kappa shape index (κ3) is 5.27. The van der Waals surface area contributed by atoms with Crippen LogP contribution in [0.4, 0.5) is 5.69 Å². The molecule has 3 nitrogen and oxygen atoms in total. The molecular weight excluding hydrogens is 226 g/mol. The Kier molecular flexibility index (Phi) is 6.22. The number of benzene rings is 2. The van der Waals surface area contributed by atoms with E-state index in [9.17, 15) is 4.79 Å². The lowest BCUT2D eigenvalue weighted by Crippen LogP contribution is -1.93. The molecule has 2 aromatic rings. The van der Waals surface area contributed by atoms with Crippen LogP contribution in [0.15, 0.2) is 54.6 Å². The quantitative estimate of drug-likeness (QED) is 0.662. The lowest BCUT2D eigenvalue weighted by Gasteiger charge is -1.99. The molecule has 2 rings (SSSR count). The molecule has 0 spiro atoms. The maximum Gasteiger partial charge on any atom is 0.150 e. The van der Waals surface area contributed by atoms with Crippen molar-refractivity contribution in [1.29, 1.82) is 0 Å². The van der Waals surface area contributed by atoms with Gasteiger partial charge < -0.3 is 0 Å². The first kappa shape index (κ1) is 13.9. The van der Waals surface area contributed by atoms with Gasteiger partial charge in [-0.1, -0.05) is 48.0 Å². The van der Waals surface area contributed by atoms with Crippen molar-refractivity contribution in [2.24, 2.45) is 0 Å². The maximum absolute atomic E-state index is 10.1. The fourth-order valence-corrected chi connectivity index (χ4v) is 1.27. The second-order valence-corrected chi connectivity index (χ2v) is 3.70. The Balaban J connectivity index is 0.000000180. The minimum Gasteiger partial charge on any atom is -0.298 e. The summed E-state index contributed by atoms with van der Waals surface area (Å²) >= 11 is 0. The number of para-hydroxylation sites is 1. The third-order valence-corrected chi connectivity index (χ3v) is 2.21. The molecule has 18 heavy (non-hydrogen) atoms. The largest absolute Gasteiger partial charge is 0.298 e. The summed E-state index contributed by atoms with van der Waals surface area (Å²) in [5, 5.41) is 0. The third-order valence-electron chi connectivity index (χ3n) is 2.21. The van der Waals surface area contributed by atoms with Crippen molar-refractivity contribution < 1.29 is 9.63 Å². The first-order chi connectivity index (χ1) is 8.76. The average molecular weight is 243 g/mol. The van der Waals surface area contributed by atoms with Crippen LogP contribution in [0.5, 0.6) is 0 Å². The lowest BCUT2D eigenvalue weighted by atomic mass is 10.2. The van der Waals surface area contributed by atoms with Crippen LogP contribution in [0, 0.1) is 6.92 Å². The van der Waals surface area contributed by atoms with Gasteiger partial charge in [0, 0.05) is 5.56 Å². The van der Waals surface area contributed by atoms with Gasteiger partial charge >= 0.3 is 0 Å². The summed E-state index contributed by atoms with van der Waals surface area (Å²) in [5.74, 6) is 0. The van der Waals surface area contributed by atoms with Gasteiger partial charge in [0.15, 0.2) is 0 Å². The van der Waals surface area contributed by atoms with Gasteiger partial charge in [0.05, 0.1) is 12.8 Å². The molecule has 0 heterocycles. The van der Waals surface area contributed by atoms with E-state index < -0.39 is 0 Å². The van der Waals surface area contributed by atoms with Gasteiger partial charge in [0.2, 0.25) is 0 Å². The van der Waals surface area contributed by atoms with Crippen LogP contribution in [0.2, 0.25) is 0 Å². The second-order valence-electron chi connectivity index (χ2n) is 3.70. The molecule has 0 fully saturated rings. The summed E-state index contributed by atoms with van der Waals surface area (Å²) in [6.45, 7) is 1.99. The molecule has 0 radical (unpaired) electrons. The fourth-order valence-electron chi connectivity index (χ4n) is 1.27. The Bertz CT molecular complexity index is 452. The standard InChI is InChI=1S/C8H8O.C7H9NO/c1-7-2-4-8(6-9)5-3-7;1-9-8-7-5-3-2-4-6-7/h2-6H,1H3;2-6,8H,1H3. The predicted octanol–water partition coefficient (Wildman–Crippen LogP) is 3.47. The van der Waals surface area contributed by atoms with Gasteiger partial charge in [-0.3, -0.25) is 15.1 Å². The van der Waals surface area contributed by atoms with Crippen molar-refractivity contribution in [2.45, 2.75) is 6.92 Å². The highest BCUT2D eigenvalue weighted by atomic mass is 16.6. The Morgan fingerprint density at radius 3 is 2.11 bits per heavy atom. The molecular formula is C15H17NO2. The van der Waals surface area contributed by atoms with E-state index in [0.717, 1.165) is 17.5 Å². The zero-order valence-electron chi connectivity index (χ0n) is 10.6. The van der Waals surface area contributed by atoms with Crippen LogP contribution in [-0.2, 0) is 4.84 Å². The number of aldehydes is 1. The van der Waals surface area contributed by atoms with Crippen molar-refractivity contribution >= 4 is 12.0 Å². The topological polar surface area (TPSA) is 38.3 Å². The SMILES string of the molecule is CONc1ccccc1.Cc1ccc(C=O)cc1. The Morgan fingerprint density at radius 2 is 1.61 bits per heavy atom. The second kappa shape index (κ2) is 8.03. The normalized spacial score (nSPS) is 9.00. The molecule has 0 unspecified atom stereocenters. The van der Waals surface area contributed by atoms with Crippen molar-refractivity contribution in [3.63, 3.8) is 0 Å². The van der Waals surface area contributed by atoms with Crippen LogP contribution in [0.25, 0.3) is 0 Å². The van der Waals surface area contributed by atoms with Crippen molar-refractivity contribution in [3.05, 3.63) is 65.7 Å². The van der Waals surface area contributed by atoms with E-state index in [1.54, 1.807) is 7.11 Å². The molecule has 0 saturated heterocycles. The van der Waals surface area contributed by atoms with Crippen LogP contribution >= 0.6 is 0 Å². The highest BCUT2D eigenvalue weighted by Gasteiger charge is 1.85. The molecule has 0 amide bonds. The van der Waals surface area contributed by atoms with E-state index in [2.05, 4.69) is 10.3 Å². The van der Waals surface area contributed by atoms with Gasteiger partial charge in [-0.15, -0.1) is 0 Å². The fraction of sp³-hybridized carbons (Fsp3) is 0.133. The van der Waals surface area contributed by atoms with Crippen LogP contribution in [0.1, 0.15) is 15.9 Å². The maximum atomic E-state index is 10.1. The number of carbonyl (C=O) groups excluding carboxylic acids is 1. The molecule has 3 heteroatoms. The average Bonchev–Trinajstić information content (AvgIpc) is 2.42. The van der Waals surface area contributed by atoms with Gasteiger partial charge in [0.25, 0.3) is 0 Å². The minimum absolute atomic E-state index is 0.737. The number of anilines is 1. The van der Waals surface area contributed by atoms with Gasteiger partial charge in [-0.2, -0.15) is 0 Å². The summed E-state index contributed by atoms with van der Waals surface area (Å²) in [6.07, 6.45) is 0.847. The smallest absolute Gasteiger partial charge is 0.150 e. The first-order valence-electron chi connectivity index (χ1n) is 5.62. The Morgan fingerprint density at radius 1 is 1.00 bits per heavy atom. The lowest BCUT2D eigenvalue weighted by molar-refractivity contribution is 0.112. The summed E-state index contributed by atoms with van der Waals surface area (Å²) in [4.78, 5) is 14.8. The number of carbonyl (C=O) groups is 1. The number of hydrogen-bond acceptors (Lipinski definition) is 3. The van der Waals surface area contributed by atoms with Crippen molar-refractivity contribution in [2.75, 3.05) is 12.6 Å². The highest BCUT2D eigenvalue weighted by molar-refractivity contribution is 5.74. The molecule has 94 valence electrons. The summed E-state index contributed by atoms with van der Waals surface area (Å²) < 4.78 is 0. The van der Waals surface area contributed by atoms with Crippen molar-refractivity contribution in [3.8, 4) is 0 Å². The van der Waals surface area contributed by atoms with E-state index >= 15 is 0 Å². The number of hydrogen-bond donors (Lipinski definition) is 1. The van der Waals surface area contributed by atoms with Gasteiger partial charge in [-0.05, 0) is 19.1 Å². The van der Waals surface area contributed by atoms with Gasteiger partial charge in [0.1, 0.15) is 6.29 Å². The Labute approximate surface area is 107 Å². The highest BCUT2D eigenvalue weighted by Crippen LogP contribution is 2.03.